The van der Waals surface area contributed by atoms with Gasteiger partial charge in [-0.15, -0.1) is 6.42 Å². The van der Waals surface area contributed by atoms with Crippen molar-refractivity contribution in [3.8, 4) is 23.8 Å². The first-order valence-electron chi connectivity index (χ1n) is 8.59. The van der Waals surface area contributed by atoms with Gasteiger partial charge >= 0.3 is 0 Å². The van der Waals surface area contributed by atoms with Crippen LogP contribution in [0.25, 0.3) is 0 Å². The molecule has 0 radical (unpaired) electrons. The van der Waals surface area contributed by atoms with Crippen LogP contribution in [0.2, 0.25) is 0 Å². The highest BCUT2D eigenvalue weighted by atomic mass is 16.5. The van der Waals surface area contributed by atoms with Crippen molar-refractivity contribution < 1.29 is 14.3 Å². The van der Waals surface area contributed by atoms with E-state index in [4.69, 9.17) is 15.9 Å². The second kappa shape index (κ2) is 9.53. The van der Waals surface area contributed by atoms with Gasteiger partial charge in [-0.1, -0.05) is 35.7 Å². The molecule has 0 aliphatic carbocycles. The van der Waals surface area contributed by atoms with Crippen LogP contribution in [0.3, 0.4) is 0 Å². The minimum atomic E-state index is 0.0246. The molecule has 0 spiro atoms. The normalized spacial score (nSPS) is 10.1. The van der Waals surface area contributed by atoms with Crippen molar-refractivity contribution >= 4 is 5.91 Å². The molecule has 0 bridgehead atoms. The molecule has 0 heterocycles. The molecule has 2 rings (SSSR count). The fraction of sp³-hybridized carbons (Fsp3) is 0.318. The molecule has 0 aromatic heterocycles. The maximum Gasteiger partial charge on any atom is 0.220 e. The van der Waals surface area contributed by atoms with Crippen LogP contribution in [-0.4, -0.2) is 19.6 Å². The van der Waals surface area contributed by atoms with Gasteiger partial charge in [-0.25, -0.2) is 0 Å². The van der Waals surface area contributed by atoms with Gasteiger partial charge in [0, 0.05) is 13.0 Å². The second-order valence-electron chi connectivity index (χ2n) is 6.18. The van der Waals surface area contributed by atoms with E-state index >= 15 is 0 Å². The average Bonchev–Trinajstić information content (AvgIpc) is 2.64. The number of terminal acetylenes is 1. The molecule has 0 saturated carbocycles. The first-order chi connectivity index (χ1) is 12.5. The van der Waals surface area contributed by atoms with E-state index in [1.165, 1.54) is 11.1 Å². The number of carbonyl (C=O) groups is 1. The minimum absolute atomic E-state index is 0.0246. The highest BCUT2D eigenvalue weighted by Gasteiger charge is 2.08. The van der Waals surface area contributed by atoms with Gasteiger partial charge in [-0.05, 0) is 49.1 Å². The van der Waals surface area contributed by atoms with Gasteiger partial charge in [0.25, 0.3) is 0 Å². The third kappa shape index (κ3) is 5.56. The van der Waals surface area contributed by atoms with E-state index in [0.717, 1.165) is 11.1 Å². The van der Waals surface area contributed by atoms with Crippen molar-refractivity contribution in [1.82, 2.24) is 5.32 Å². The summed E-state index contributed by atoms with van der Waals surface area (Å²) < 4.78 is 10.7. The molecule has 0 unspecified atom stereocenters. The van der Waals surface area contributed by atoms with Gasteiger partial charge in [0.15, 0.2) is 11.5 Å². The number of benzene rings is 2. The number of methoxy groups -OCH3 is 1. The molecular weight excluding hydrogens is 326 g/mol. The summed E-state index contributed by atoms with van der Waals surface area (Å²) in [6.45, 7) is 4.86. The maximum atomic E-state index is 12.1. The molecule has 0 atom stereocenters. The van der Waals surface area contributed by atoms with E-state index in [9.17, 15) is 4.79 Å². The molecule has 1 N–H and O–H groups in total. The van der Waals surface area contributed by atoms with E-state index in [1.807, 2.05) is 18.2 Å². The third-order valence-electron chi connectivity index (χ3n) is 4.15. The topological polar surface area (TPSA) is 47.6 Å². The Balaban J connectivity index is 1.87. The molecule has 2 aromatic carbocycles. The molecule has 0 aliphatic heterocycles. The van der Waals surface area contributed by atoms with Crippen LogP contribution in [0.4, 0.5) is 0 Å². The highest BCUT2D eigenvalue weighted by molar-refractivity contribution is 5.76. The summed E-state index contributed by atoms with van der Waals surface area (Å²) in [5.41, 5.74) is 4.57. The van der Waals surface area contributed by atoms with Crippen LogP contribution in [0.1, 0.15) is 28.7 Å². The number of aryl methyl sites for hydroxylation is 3. The molecule has 0 aliphatic rings. The molecule has 4 nitrogen and oxygen atoms in total. The first-order valence-corrected chi connectivity index (χ1v) is 8.59. The van der Waals surface area contributed by atoms with E-state index in [1.54, 1.807) is 7.11 Å². The SMILES string of the molecule is C#CCOc1ccc(CCC(=O)NCc2ccc(C)cc2C)cc1OC. The zero-order chi connectivity index (χ0) is 18.9. The second-order valence-corrected chi connectivity index (χ2v) is 6.18. The predicted molar refractivity (Wildman–Crippen MR) is 103 cm³/mol. The largest absolute Gasteiger partial charge is 0.493 e. The lowest BCUT2D eigenvalue weighted by atomic mass is 10.1. The summed E-state index contributed by atoms with van der Waals surface area (Å²) in [6, 6.07) is 11.9. The maximum absolute atomic E-state index is 12.1. The van der Waals surface area contributed by atoms with E-state index in [0.29, 0.717) is 30.9 Å². The molecule has 26 heavy (non-hydrogen) atoms. The smallest absolute Gasteiger partial charge is 0.220 e. The van der Waals surface area contributed by atoms with Crippen LogP contribution >= 0.6 is 0 Å². The van der Waals surface area contributed by atoms with Crippen molar-refractivity contribution in [2.24, 2.45) is 0 Å². The monoisotopic (exact) mass is 351 g/mol. The van der Waals surface area contributed by atoms with Gasteiger partial charge in [0.05, 0.1) is 7.11 Å². The molecule has 0 saturated heterocycles. The van der Waals surface area contributed by atoms with Crippen LogP contribution in [0.15, 0.2) is 36.4 Å². The van der Waals surface area contributed by atoms with Crippen LogP contribution in [-0.2, 0) is 17.8 Å². The number of carbonyl (C=O) groups excluding carboxylic acids is 1. The summed E-state index contributed by atoms with van der Waals surface area (Å²) in [5, 5.41) is 2.98. The van der Waals surface area contributed by atoms with Crippen LogP contribution in [0, 0.1) is 26.2 Å². The molecular formula is C22H25NO3. The Labute approximate surface area is 155 Å². The Hall–Kier alpha value is -2.93. The van der Waals surface area contributed by atoms with Crippen molar-refractivity contribution in [2.75, 3.05) is 13.7 Å². The number of nitrogens with one attached hydrogen (secondary N) is 1. The number of rotatable bonds is 8. The van der Waals surface area contributed by atoms with Gasteiger partial charge < -0.3 is 14.8 Å². The molecule has 4 heteroatoms. The lowest BCUT2D eigenvalue weighted by molar-refractivity contribution is -0.121. The lowest BCUT2D eigenvalue weighted by Crippen LogP contribution is -2.23. The standard InChI is InChI=1S/C22H25NO3/c1-5-12-26-20-10-7-18(14-21(20)25-4)8-11-22(24)23-15-19-9-6-16(2)13-17(19)3/h1,6-7,9-10,13-14H,8,11-12,15H2,2-4H3,(H,23,24). The Morgan fingerprint density at radius 3 is 2.65 bits per heavy atom. The van der Waals surface area contributed by atoms with Crippen molar-refractivity contribution in [2.45, 2.75) is 33.2 Å². The molecule has 0 fully saturated rings. The van der Waals surface area contributed by atoms with Gasteiger partial charge in [0.1, 0.15) is 6.61 Å². The molecule has 2 aromatic rings. The number of amides is 1. The van der Waals surface area contributed by atoms with Crippen LogP contribution in [0.5, 0.6) is 11.5 Å². The predicted octanol–water partition coefficient (Wildman–Crippen LogP) is 3.57. The Kier molecular flexibility index (Phi) is 7.11. The minimum Gasteiger partial charge on any atom is -0.493 e. The summed E-state index contributed by atoms with van der Waals surface area (Å²) in [4.78, 5) is 12.1. The summed E-state index contributed by atoms with van der Waals surface area (Å²) in [5.74, 6) is 3.67. The van der Waals surface area contributed by atoms with Crippen LogP contribution < -0.4 is 14.8 Å². The van der Waals surface area contributed by atoms with Crippen molar-refractivity contribution in [3.63, 3.8) is 0 Å². The van der Waals surface area contributed by atoms with E-state index < -0.39 is 0 Å². The number of ether oxygens (including phenoxy) is 2. The average molecular weight is 351 g/mol. The zero-order valence-electron chi connectivity index (χ0n) is 15.6. The fourth-order valence-corrected chi connectivity index (χ4v) is 2.69. The molecule has 1 amide bonds. The summed E-state index contributed by atoms with van der Waals surface area (Å²) in [7, 11) is 1.58. The summed E-state index contributed by atoms with van der Waals surface area (Å²) >= 11 is 0. The Morgan fingerprint density at radius 2 is 1.96 bits per heavy atom. The summed E-state index contributed by atoms with van der Waals surface area (Å²) in [6.07, 6.45) is 6.25. The van der Waals surface area contributed by atoms with E-state index in [-0.39, 0.29) is 12.5 Å². The molecule has 136 valence electrons. The first kappa shape index (κ1) is 19.4. The Morgan fingerprint density at radius 1 is 1.15 bits per heavy atom. The number of hydrogen-bond donors (Lipinski definition) is 1. The zero-order valence-corrected chi connectivity index (χ0v) is 15.6. The van der Waals surface area contributed by atoms with Gasteiger partial charge in [-0.3, -0.25) is 4.79 Å². The van der Waals surface area contributed by atoms with E-state index in [2.05, 4.69) is 43.3 Å². The fourth-order valence-electron chi connectivity index (χ4n) is 2.69. The Bertz CT molecular complexity index is 806. The quantitative estimate of drug-likeness (QED) is 0.740. The van der Waals surface area contributed by atoms with Crippen molar-refractivity contribution in [3.05, 3.63) is 58.7 Å². The van der Waals surface area contributed by atoms with Gasteiger partial charge in [0.2, 0.25) is 5.91 Å². The highest BCUT2D eigenvalue weighted by Crippen LogP contribution is 2.28. The van der Waals surface area contributed by atoms with Gasteiger partial charge in [-0.2, -0.15) is 0 Å². The lowest BCUT2D eigenvalue weighted by Gasteiger charge is -2.11. The van der Waals surface area contributed by atoms with Crippen molar-refractivity contribution in [1.29, 1.82) is 0 Å². The third-order valence-corrected chi connectivity index (χ3v) is 4.15. The number of hydrogen-bond acceptors (Lipinski definition) is 3.